The van der Waals surface area contributed by atoms with Gasteiger partial charge in [-0.3, -0.25) is 0 Å². The number of aliphatic hydroxyl groups is 1. The minimum absolute atomic E-state index is 5.33. The van der Waals surface area contributed by atoms with Crippen molar-refractivity contribution in [1.82, 2.24) is 0 Å². The van der Waals surface area contributed by atoms with Crippen LogP contribution in [0, 0.1) is 0 Å². The fraction of sp³-hybridized carbons (Fsp3) is 0.875. The maximum Gasteiger partial charge on any atom is 0.445 e. The predicted molar refractivity (Wildman–Crippen MR) is 81.8 cm³/mol. The summed E-state index contributed by atoms with van der Waals surface area (Å²) in [5.74, 6) is -126. The first-order chi connectivity index (χ1) is 20.1. The summed E-state index contributed by atoms with van der Waals surface area (Å²) < 4.78 is 408. The summed E-state index contributed by atoms with van der Waals surface area (Å²) in [6.07, 6.45) is -15.2. The van der Waals surface area contributed by atoms with Gasteiger partial charge in [0.2, 0.25) is 11.7 Å². The highest BCUT2D eigenvalue weighted by Crippen LogP contribution is 2.68. The standard InChI is InChI=1S/C16HF31O/c17-1(2(18)4(21,22)23)3(19,20)5(24,25)6(26,27)7(28,29)8(30,31)9(32,33)10(34,35)11(36,37)12(38,39)13(40,41)14(42,43)15(44,45)16(46,47)48/h48H/b2-1+. The van der Waals surface area contributed by atoms with Gasteiger partial charge in [0.05, 0.1) is 0 Å². The zero-order chi connectivity index (χ0) is 40.2. The summed E-state index contributed by atoms with van der Waals surface area (Å²) >= 11 is 0. The maximum atomic E-state index is 13.7. The van der Waals surface area contributed by atoms with Crippen LogP contribution in [0.4, 0.5) is 136 Å². The molecule has 48 heavy (non-hydrogen) atoms. The molecule has 0 heterocycles. The molecule has 0 aliphatic rings. The van der Waals surface area contributed by atoms with Gasteiger partial charge in [0.1, 0.15) is 0 Å². The topological polar surface area (TPSA) is 20.2 Å². The van der Waals surface area contributed by atoms with Crippen LogP contribution in [-0.2, 0) is 0 Å². The molecule has 32 heteroatoms. The molecule has 0 aliphatic carbocycles. The zero-order valence-electron chi connectivity index (χ0n) is 20.2. The Morgan fingerprint density at radius 2 is 0.417 bits per heavy atom. The largest absolute Gasteiger partial charge is 0.445 e. The van der Waals surface area contributed by atoms with Gasteiger partial charge in [-0.15, -0.1) is 0 Å². The van der Waals surface area contributed by atoms with Crippen molar-refractivity contribution in [2.45, 2.75) is 83.4 Å². The van der Waals surface area contributed by atoms with Crippen molar-refractivity contribution in [3.63, 3.8) is 0 Å². The van der Waals surface area contributed by atoms with Gasteiger partial charge in [0.15, 0.2) is 0 Å². The van der Waals surface area contributed by atoms with Gasteiger partial charge in [-0.2, -0.15) is 132 Å². The first kappa shape index (κ1) is 45.5. The molecule has 1 nitrogen and oxygen atoms in total. The molecule has 0 saturated carbocycles. The van der Waals surface area contributed by atoms with Gasteiger partial charge in [0.25, 0.3) is 0 Å². The Bertz CT molecular complexity index is 1220. The molecule has 0 amide bonds. The second-order valence-electron chi connectivity index (χ2n) is 8.56. The highest BCUT2D eigenvalue weighted by Gasteiger charge is 3.00. The normalized spacial score (nSPS) is 17.5. The Morgan fingerprint density at radius 3 is 0.583 bits per heavy atom. The van der Waals surface area contributed by atoms with Crippen LogP contribution < -0.4 is 0 Å². The van der Waals surface area contributed by atoms with Crippen LogP contribution in [0.2, 0.25) is 0 Å². The van der Waals surface area contributed by atoms with E-state index in [0.717, 1.165) is 0 Å². The molecule has 0 aromatic carbocycles. The van der Waals surface area contributed by atoms with E-state index >= 15 is 0 Å². The summed E-state index contributed by atoms with van der Waals surface area (Å²) in [5, 5.41) is 7.43. The average Bonchev–Trinajstić information content (AvgIpc) is 2.84. The van der Waals surface area contributed by atoms with E-state index in [1.54, 1.807) is 0 Å². The fourth-order valence-corrected chi connectivity index (χ4v) is 2.56. The highest BCUT2D eigenvalue weighted by atomic mass is 19.4. The van der Waals surface area contributed by atoms with Crippen LogP contribution in [0.15, 0.2) is 11.7 Å². The molecule has 1 N–H and O–H groups in total. The van der Waals surface area contributed by atoms with Crippen LogP contribution in [-0.4, -0.2) is 88.5 Å². The SMILES string of the molecule is OC(F)(F)C(F)(F)C(F)(F)C(F)(F)C(F)(F)C(F)(F)C(F)(F)C(F)(F)C(F)(F)C(F)(F)C(F)(F)C(F)(F)C(F)(F)/C(F)=C(\F)C(F)(F)F. The molecular formula is C16HF31O. The van der Waals surface area contributed by atoms with Crippen LogP contribution >= 0.6 is 0 Å². The first-order valence-corrected chi connectivity index (χ1v) is 9.83. The lowest BCUT2D eigenvalue weighted by atomic mass is 9.84. The zero-order valence-corrected chi connectivity index (χ0v) is 20.2. The van der Waals surface area contributed by atoms with E-state index in [1.807, 2.05) is 0 Å². The summed E-state index contributed by atoms with van der Waals surface area (Å²) in [5.41, 5.74) is 0. The molecular weight excluding hydrogens is 797 g/mol. The average molecular weight is 798 g/mol. The summed E-state index contributed by atoms with van der Waals surface area (Å²) in [6, 6.07) is 0. The summed E-state index contributed by atoms with van der Waals surface area (Å²) in [6.45, 7) is 0. The van der Waals surface area contributed by atoms with Crippen molar-refractivity contribution in [3.8, 4) is 0 Å². The lowest BCUT2D eigenvalue weighted by molar-refractivity contribution is -0.487. The van der Waals surface area contributed by atoms with Crippen LogP contribution in [0.3, 0.4) is 0 Å². The summed E-state index contributed by atoms with van der Waals surface area (Å²) in [7, 11) is 0. The third kappa shape index (κ3) is 5.33. The third-order valence-electron chi connectivity index (χ3n) is 5.43. The number of rotatable bonds is 13. The molecule has 0 saturated heterocycles. The monoisotopic (exact) mass is 798 g/mol. The van der Waals surface area contributed by atoms with Crippen molar-refractivity contribution in [3.05, 3.63) is 11.7 Å². The van der Waals surface area contributed by atoms with Gasteiger partial charge in [-0.25, -0.2) is 4.39 Å². The number of hydrogen-bond donors (Lipinski definition) is 1. The smallest absolute Gasteiger partial charge is 0.331 e. The number of halogens is 31. The minimum Gasteiger partial charge on any atom is -0.331 e. The minimum atomic E-state index is -10.0. The van der Waals surface area contributed by atoms with Gasteiger partial charge in [-0.1, -0.05) is 0 Å². The predicted octanol–water partition coefficient (Wildman–Crippen LogP) is 9.91. The van der Waals surface area contributed by atoms with Crippen molar-refractivity contribution in [2.24, 2.45) is 0 Å². The molecule has 0 aromatic heterocycles. The molecule has 0 aromatic rings. The van der Waals surface area contributed by atoms with Crippen molar-refractivity contribution in [2.75, 3.05) is 0 Å². The van der Waals surface area contributed by atoms with E-state index in [0.29, 0.717) is 0 Å². The van der Waals surface area contributed by atoms with Gasteiger partial charge in [0, 0.05) is 0 Å². The lowest BCUT2D eigenvalue weighted by Gasteiger charge is -2.46. The maximum absolute atomic E-state index is 13.7. The van der Waals surface area contributed by atoms with Gasteiger partial charge >= 0.3 is 83.4 Å². The van der Waals surface area contributed by atoms with Crippen LogP contribution in [0.1, 0.15) is 0 Å². The molecule has 0 spiro atoms. The van der Waals surface area contributed by atoms with Crippen molar-refractivity contribution < 1.29 is 141 Å². The van der Waals surface area contributed by atoms with E-state index in [2.05, 4.69) is 0 Å². The molecule has 0 radical (unpaired) electrons. The highest BCUT2D eigenvalue weighted by molar-refractivity contribution is 5.24. The van der Waals surface area contributed by atoms with E-state index in [1.165, 1.54) is 0 Å². The molecule has 0 aliphatic heterocycles. The lowest BCUT2D eigenvalue weighted by Crippen LogP contribution is -2.79. The Hall–Kier alpha value is -2.47. The van der Waals surface area contributed by atoms with E-state index in [4.69, 9.17) is 5.11 Å². The molecule has 0 bridgehead atoms. The van der Waals surface area contributed by atoms with E-state index in [9.17, 15) is 136 Å². The quantitative estimate of drug-likeness (QED) is 0.184. The number of allylic oxidation sites excluding steroid dienone is 2. The summed E-state index contributed by atoms with van der Waals surface area (Å²) in [4.78, 5) is 0. The first-order valence-electron chi connectivity index (χ1n) is 9.83. The van der Waals surface area contributed by atoms with Crippen molar-refractivity contribution in [1.29, 1.82) is 0 Å². The van der Waals surface area contributed by atoms with Crippen LogP contribution in [0.5, 0.6) is 0 Å². The van der Waals surface area contributed by atoms with Crippen LogP contribution in [0.25, 0.3) is 0 Å². The number of alkyl halides is 29. The van der Waals surface area contributed by atoms with Gasteiger partial charge < -0.3 is 5.11 Å². The molecule has 288 valence electrons. The van der Waals surface area contributed by atoms with E-state index in [-0.39, 0.29) is 0 Å². The Morgan fingerprint density at radius 1 is 0.250 bits per heavy atom. The van der Waals surface area contributed by atoms with E-state index < -0.39 is 95.0 Å². The molecule has 0 atom stereocenters. The molecule has 0 fully saturated rings. The molecule has 0 rings (SSSR count). The number of hydrogen-bond acceptors (Lipinski definition) is 1. The Kier molecular flexibility index (Phi) is 10.4. The fourth-order valence-electron chi connectivity index (χ4n) is 2.56. The van der Waals surface area contributed by atoms with Crippen molar-refractivity contribution >= 4 is 0 Å². The third-order valence-corrected chi connectivity index (χ3v) is 5.43. The molecule has 0 unspecified atom stereocenters. The Labute approximate surface area is 237 Å². The van der Waals surface area contributed by atoms with Gasteiger partial charge in [-0.05, 0) is 0 Å². The second-order valence-corrected chi connectivity index (χ2v) is 8.56. The second kappa shape index (κ2) is 11.0. The Balaban J connectivity index is 7.63.